The maximum atomic E-state index is 14.2. The number of benzene rings is 3. The lowest BCUT2D eigenvalue weighted by Gasteiger charge is -2.27. The average Bonchev–Trinajstić information content (AvgIpc) is 3.51. The van der Waals surface area contributed by atoms with Crippen molar-refractivity contribution in [2.75, 3.05) is 24.6 Å². The second kappa shape index (κ2) is 14.8. The number of aryl methyl sites for hydroxylation is 2. The van der Waals surface area contributed by atoms with E-state index in [0.29, 0.717) is 41.6 Å². The second-order valence-corrected chi connectivity index (χ2v) is 11.2. The molecule has 1 aliphatic heterocycles. The summed E-state index contributed by atoms with van der Waals surface area (Å²) in [6, 6.07) is 23.3. The van der Waals surface area contributed by atoms with Crippen LogP contribution in [0.3, 0.4) is 0 Å². The van der Waals surface area contributed by atoms with Crippen LogP contribution in [0.15, 0.2) is 85.1 Å². The van der Waals surface area contributed by atoms with Crippen LogP contribution in [0.5, 0.6) is 5.75 Å². The molecule has 44 heavy (non-hydrogen) atoms. The lowest BCUT2D eigenvalue weighted by Crippen LogP contribution is -2.37. The van der Waals surface area contributed by atoms with Gasteiger partial charge in [-0.1, -0.05) is 66.2 Å². The lowest BCUT2D eigenvalue weighted by molar-refractivity contribution is -0.137. The number of hydrogen-bond acceptors (Lipinski definition) is 6. The highest BCUT2D eigenvalue weighted by atomic mass is 35.5. The second-order valence-electron chi connectivity index (χ2n) is 10.7. The van der Waals surface area contributed by atoms with Gasteiger partial charge in [0.1, 0.15) is 6.61 Å². The molecule has 0 bridgehead atoms. The molecular weight excluding hydrogens is 583 g/mol. The van der Waals surface area contributed by atoms with Crippen molar-refractivity contribution in [3.05, 3.63) is 118 Å². The van der Waals surface area contributed by atoms with E-state index in [9.17, 15) is 19.1 Å². The molecule has 1 aliphatic rings. The highest BCUT2D eigenvalue weighted by molar-refractivity contribution is 6.30. The first-order valence-corrected chi connectivity index (χ1v) is 15.0. The van der Waals surface area contributed by atoms with Crippen molar-refractivity contribution in [2.24, 2.45) is 0 Å². The molecule has 3 aromatic carbocycles. The van der Waals surface area contributed by atoms with Crippen molar-refractivity contribution in [1.82, 2.24) is 14.9 Å². The zero-order valence-corrected chi connectivity index (χ0v) is 25.0. The number of aromatic nitrogens is 2. The molecule has 1 saturated heterocycles. The van der Waals surface area contributed by atoms with Gasteiger partial charge in [0.05, 0.1) is 23.7 Å². The summed E-state index contributed by atoms with van der Waals surface area (Å²) in [7, 11) is 0. The largest absolute Gasteiger partial charge is 0.488 e. The van der Waals surface area contributed by atoms with Crippen molar-refractivity contribution in [1.29, 1.82) is 0 Å². The summed E-state index contributed by atoms with van der Waals surface area (Å²) in [5.74, 6) is -1.06. The van der Waals surface area contributed by atoms with Gasteiger partial charge in [-0.05, 0) is 61.1 Å². The summed E-state index contributed by atoms with van der Waals surface area (Å²) in [5, 5.41) is 9.95. The average molecular weight is 617 g/mol. The highest BCUT2D eigenvalue weighted by Crippen LogP contribution is 2.26. The first-order valence-electron chi connectivity index (χ1n) is 14.7. The molecule has 1 N–H and O–H groups in total. The third kappa shape index (κ3) is 8.11. The van der Waals surface area contributed by atoms with Gasteiger partial charge in [-0.15, -0.1) is 0 Å². The third-order valence-electron chi connectivity index (χ3n) is 7.65. The van der Waals surface area contributed by atoms with Gasteiger partial charge in [-0.2, -0.15) is 0 Å². The van der Waals surface area contributed by atoms with E-state index in [1.807, 2.05) is 42.5 Å². The number of carbonyl (C=O) groups excluding carboxylic acids is 1. The van der Waals surface area contributed by atoms with E-state index in [4.69, 9.17) is 21.3 Å². The summed E-state index contributed by atoms with van der Waals surface area (Å²) in [4.78, 5) is 38.6. The van der Waals surface area contributed by atoms with Crippen molar-refractivity contribution in [2.45, 2.75) is 44.7 Å². The zero-order valence-electron chi connectivity index (χ0n) is 24.2. The van der Waals surface area contributed by atoms with Crippen LogP contribution >= 0.6 is 11.6 Å². The van der Waals surface area contributed by atoms with Crippen molar-refractivity contribution < 1.29 is 23.8 Å². The van der Waals surface area contributed by atoms with E-state index in [2.05, 4.69) is 9.88 Å². The maximum absolute atomic E-state index is 14.2. The monoisotopic (exact) mass is 616 g/mol. The number of rotatable bonds is 13. The van der Waals surface area contributed by atoms with E-state index in [-0.39, 0.29) is 43.8 Å². The number of carbonyl (C=O) groups is 2. The Morgan fingerprint density at radius 2 is 1.75 bits per heavy atom. The molecule has 1 aromatic heterocycles. The number of anilines is 1. The molecule has 0 spiro atoms. The fourth-order valence-electron chi connectivity index (χ4n) is 5.31. The summed E-state index contributed by atoms with van der Waals surface area (Å²) in [6.07, 6.45) is 4.23. The number of para-hydroxylation sites is 1. The first-order chi connectivity index (χ1) is 21.4. The fraction of sp³-hybridized carbons (Fsp3) is 0.294. The van der Waals surface area contributed by atoms with Crippen LogP contribution in [0, 0.1) is 5.82 Å². The highest BCUT2D eigenvalue weighted by Gasteiger charge is 2.29. The van der Waals surface area contributed by atoms with E-state index in [1.165, 1.54) is 11.0 Å². The molecule has 4 aromatic rings. The first kappa shape index (κ1) is 30.9. The Kier molecular flexibility index (Phi) is 10.4. The van der Waals surface area contributed by atoms with E-state index in [1.54, 1.807) is 36.5 Å². The summed E-state index contributed by atoms with van der Waals surface area (Å²) in [5.41, 5.74) is 2.85. The molecule has 1 atom stereocenters. The Bertz CT molecular complexity index is 1570. The van der Waals surface area contributed by atoms with Gasteiger partial charge in [0, 0.05) is 30.9 Å². The standard InChI is InChI=1S/C34H34ClFN4O4/c35-26-15-12-25(13-16-26)22-39(20-18-32(41)42)33(43)28-21-37-34(38-30(28)17-14-24-7-2-1-3-8-24)40-19-6-9-27(40)23-44-31-11-5-4-10-29(31)36/h1-5,7-8,10-13,15-16,21,27H,6,9,14,17-20,22-23H2,(H,41,42). The predicted molar refractivity (Wildman–Crippen MR) is 167 cm³/mol. The normalized spacial score (nSPS) is 14.4. The van der Waals surface area contributed by atoms with Crippen molar-refractivity contribution >= 4 is 29.4 Å². The molecule has 1 unspecified atom stereocenters. The lowest BCUT2D eigenvalue weighted by atomic mass is 10.0. The fourth-order valence-corrected chi connectivity index (χ4v) is 5.43. The quantitative estimate of drug-likeness (QED) is 0.191. The Labute approximate surface area is 261 Å². The summed E-state index contributed by atoms with van der Waals surface area (Å²) < 4.78 is 20.0. The minimum Gasteiger partial charge on any atom is -0.488 e. The number of nitrogens with zero attached hydrogens (tertiary/aromatic N) is 4. The molecule has 228 valence electrons. The van der Waals surface area contributed by atoms with Crippen LogP contribution in [0.4, 0.5) is 10.3 Å². The van der Waals surface area contributed by atoms with Gasteiger partial charge in [-0.25, -0.2) is 14.4 Å². The minimum atomic E-state index is -0.993. The predicted octanol–water partition coefficient (Wildman–Crippen LogP) is 6.22. The third-order valence-corrected chi connectivity index (χ3v) is 7.90. The smallest absolute Gasteiger partial charge is 0.305 e. The summed E-state index contributed by atoms with van der Waals surface area (Å²) >= 11 is 6.05. The Morgan fingerprint density at radius 3 is 2.50 bits per heavy atom. The van der Waals surface area contributed by atoms with Gasteiger partial charge in [0.2, 0.25) is 5.95 Å². The zero-order chi connectivity index (χ0) is 30.9. The van der Waals surface area contributed by atoms with Gasteiger partial charge >= 0.3 is 5.97 Å². The molecule has 8 nitrogen and oxygen atoms in total. The molecule has 0 saturated carbocycles. The number of halogens is 2. The van der Waals surface area contributed by atoms with E-state index >= 15 is 0 Å². The maximum Gasteiger partial charge on any atom is 0.305 e. The molecule has 5 rings (SSSR count). The van der Waals surface area contributed by atoms with Crippen LogP contribution in [0.1, 0.15) is 46.4 Å². The number of ether oxygens (including phenoxy) is 1. The SMILES string of the molecule is O=C(O)CCN(Cc1ccc(Cl)cc1)C(=O)c1cnc(N2CCCC2COc2ccccc2F)nc1CCc1ccccc1. The van der Waals surface area contributed by atoms with Gasteiger partial charge in [-0.3, -0.25) is 9.59 Å². The van der Waals surface area contributed by atoms with Crippen LogP contribution < -0.4 is 9.64 Å². The van der Waals surface area contributed by atoms with Crippen LogP contribution in [0.2, 0.25) is 5.02 Å². The van der Waals surface area contributed by atoms with Crippen LogP contribution in [-0.2, 0) is 24.2 Å². The molecule has 1 fully saturated rings. The van der Waals surface area contributed by atoms with Gasteiger partial charge < -0.3 is 19.6 Å². The number of carboxylic acids is 1. The Balaban J connectivity index is 1.42. The Hall–Kier alpha value is -4.50. The van der Waals surface area contributed by atoms with E-state index < -0.39 is 11.8 Å². The molecular formula is C34H34ClFN4O4. The van der Waals surface area contributed by atoms with Crippen LogP contribution in [-0.4, -0.2) is 57.6 Å². The molecule has 10 heteroatoms. The number of hydrogen-bond donors (Lipinski definition) is 1. The van der Waals surface area contributed by atoms with Gasteiger partial charge in [0.25, 0.3) is 5.91 Å². The molecule has 0 radical (unpaired) electrons. The van der Waals surface area contributed by atoms with E-state index in [0.717, 1.165) is 24.0 Å². The molecule has 1 amide bonds. The topological polar surface area (TPSA) is 95.9 Å². The van der Waals surface area contributed by atoms with Crippen molar-refractivity contribution in [3.8, 4) is 5.75 Å². The molecule has 2 heterocycles. The Morgan fingerprint density at radius 1 is 1.00 bits per heavy atom. The van der Waals surface area contributed by atoms with Crippen molar-refractivity contribution in [3.63, 3.8) is 0 Å². The van der Waals surface area contributed by atoms with Gasteiger partial charge in [0.15, 0.2) is 11.6 Å². The molecule has 0 aliphatic carbocycles. The minimum absolute atomic E-state index is 0.0260. The van der Waals surface area contributed by atoms with Crippen LogP contribution in [0.25, 0.3) is 0 Å². The summed E-state index contributed by atoms with van der Waals surface area (Å²) in [6.45, 7) is 1.22. The number of carboxylic acid groups (broad SMARTS) is 1. The number of aliphatic carboxylic acids is 1. The number of amides is 1.